The second-order valence-electron chi connectivity index (χ2n) is 3.76. The van der Waals surface area contributed by atoms with Crippen LogP contribution in [0.1, 0.15) is 18.4 Å². The molecule has 0 aliphatic heterocycles. The Morgan fingerprint density at radius 3 is 2.76 bits per heavy atom. The Bertz CT molecular complexity index is 330. The minimum atomic E-state index is -0.963. The van der Waals surface area contributed by atoms with Crippen molar-refractivity contribution in [3.63, 3.8) is 0 Å². The molecule has 0 saturated heterocycles. The molecule has 0 aliphatic rings. The largest absolute Gasteiger partial charge is 0.480 e. The van der Waals surface area contributed by atoms with Crippen LogP contribution in [0.25, 0.3) is 0 Å². The Morgan fingerprint density at radius 1 is 1.41 bits per heavy atom. The Morgan fingerprint density at radius 2 is 2.12 bits per heavy atom. The predicted octanol–water partition coefficient (Wildman–Crippen LogP) is 0.900. The third-order valence-corrected chi connectivity index (χ3v) is 2.29. The number of hydrogen-bond donors (Lipinski definition) is 3. The maximum absolute atomic E-state index is 10.4. The highest BCUT2D eigenvalue weighted by atomic mass is 16.6. The number of carboxylic acid groups (broad SMARTS) is 1. The fourth-order valence-corrected chi connectivity index (χ4v) is 1.30. The van der Waals surface area contributed by atoms with Gasteiger partial charge in [-0.3, -0.25) is 9.63 Å². The van der Waals surface area contributed by atoms with Crippen molar-refractivity contribution in [3.8, 4) is 0 Å². The molecule has 0 saturated carbocycles. The molecule has 1 unspecified atom stereocenters. The van der Waals surface area contributed by atoms with E-state index < -0.39 is 12.0 Å². The number of rotatable bonds is 8. The molecule has 17 heavy (non-hydrogen) atoms. The highest BCUT2D eigenvalue weighted by molar-refractivity contribution is 5.72. The molecular weight excluding hydrogens is 220 g/mol. The topological polar surface area (TPSA) is 84.6 Å². The Hall–Kier alpha value is -1.43. The molecule has 1 aromatic rings. The zero-order valence-electron chi connectivity index (χ0n) is 9.63. The number of hydrogen-bond acceptors (Lipinski definition) is 4. The first kappa shape index (κ1) is 13.6. The van der Waals surface area contributed by atoms with Crippen LogP contribution in [0.2, 0.25) is 0 Å². The van der Waals surface area contributed by atoms with Crippen molar-refractivity contribution in [3.05, 3.63) is 35.9 Å². The van der Waals surface area contributed by atoms with Gasteiger partial charge in [-0.05, 0) is 18.4 Å². The molecule has 0 spiro atoms. The Labute approximate surface area is 101 Å². The molecule has 0 fully saturated rings. The molecule has 1 aromatic carbocycles. The summed E-state index contributed by atoms with van der Waals surface area (Å²) in [5.74, 6) is -0.963. The lowest BCUT2D eigenvalue weighted by molar-refractivity contribution is -0.138. The molecule has 5 heteroatoms. The van der Waals surface area contributed by atoms with Crippen molar-refractivity contribution < 1.29 is 14.7 Å². The highest BCUT2D eigenvalue weighted by Crippen LogP contribution is 1.99. The van der Waals surface area contributed by atoms with E-state index in [4.69, 9.17) is 15.7 Å². The zero-order chi connectivity index (χ0) is 12.5. The minimum absolute atomic E-state index is 0.441. The third-order valence-electron chi connectivity index (χ3n) is 2.29. The molecular formula is C12H18N2O3. The molecule has 1 rings (SSSR count). The Balaban J connectivity index is 2.00. The van der Waals surface area contributed by atoms with E-state index in [9.17, 15) is 4.79 Å². The Kier molecular flexibility index (Phi) is 6.24. The van der Waals surface area contributed by atoms with Gasteiger partial charge in [0.1, 0.15) is 6.04 Å². The van der Waals surface area contributed by atoms with E-state index >= 15 is 0 Å². The molecule has 0 bridgehead atoms. The van der Waals surface area contributed by atoms with Gasteiger partial charge in [0.05, 0.1) is 6.61 Å². The van der Waals surface area contributed by atoms with Gasteiger partial charge in [0.25, 0.3) is 0 Å². The van der Waals surface area contributed by atoms with Crippen molar-refractivity contribution in [2.45, 2.75) is 25.5 Å². The van der Waals surface area contributed by atoms with Crippen LogP contribution < -0.4 is 11.2 Å². The molecule has 0 heterocycles. The van der Waals surface area contributed by atoms with Crippen LogP contribution in [0.5, 0.6) is 0 Å². The van der Waals surface area contributed by atoms with Crippen LogP contribution in [0.4, 0.5) is 0 Å². The minimum Gasteiger partial charge on any atom is -0.480 e. The van der Waals surface area contributed by atoms with Crippen LogP contribution in [0.3, 0.4) is 0 Å². The first-order chi connectivity index (χ1) is 8.20. The molecule has 0 radical (unpaired) electrons. The van der Waals surface area contributed by atoms with Crippen LogP contribution in [-0.2, 0) is 16.2 Å². The van der Waals surface area contributed by atoms with Crippen LogP contribution in [0, 0.1) is 0 Å². The summed E-state index contributed by atoms with van der Waals surface area (Å²) in [4.78, 5) is 15.7. The van der Waals surface area contributed by atoms with Crippen LogP contribution in [0.15, 0.2) is 30.3 Å². The van der Waals surface area contributed by atoms with Gasteiger partial charge in [-0.1, -0.05) is 30.3 Å². The van der Waals surface area contributed by atoms with Gasteiger partial charge in [0.2, 0.25) is 0 Å². The average Bonchev–Trinajstić information content (AvgIpc) is 2.34. The van der Waals surface area contributed by atoms with E-state index in [1.807, 2.05) is 30.3 Å². The van der Waals surface area contributed by atoms with Gasteiger partial charge in [-0.25, -0.2) is 5.48 Å². The molecule has 0 amide bonds. The number of nitrogens with one attached hydrogen (secondary N) is 1. The second-order valence-corrected chi connectivity index (χ2v) is 3.76. The summed E-state index contributed by atoms with van der Waals surface area (Å²) in [5, 5.41) is 8.56. The predicted molar refractivity (Wildman–Crippen MR) is 64.1 cm³/mol. The summed E-state index contributed by atoms with van der Waals surface area (Å²) in [6.07, 6.45) is 1.11. The van der Waals surface area contributed by atoms with Crippen LogP contribution in [-0.4, -0.2) is 23.7 Å². The monoisotopic (exact) mass is 238 g/mol. The van der Waals surface area contributed by atoms with Crippen molar-refractivity contribution in [1.29, 1.82) is 0 Å². The molecule has 1 atom stereocenters. The number of nitrogens with two attached hydrogens (primary N) is 1. The quantitative estimate of drug-likeness (QED) is 0.463. The lowest BCUT2D eigenvalue weighted by atomic mass is 10.2. The first-order valence-corrected chi connectivity index (χ1v) is 5.57. The van der Waals surface area contributed by atoms with Crippen molar-refractivity contribution >= 4 is 5.97 Å². The third kappa shape index (κ3) is 6.01. The van der Waals surface area contributed by atoms with Gasteiger partial charge in [-0.2, -0.15) is 0 Å². The highest BCUT2D eigenvalue weighted by Gasteiger charge is 2.09. The summed E-state index contributed by atoms with van der Waals surface area (Å²) in [7, 11) is 0. The normalized spacial score (nSPS) is 12.3. The lowest BCUT2D eigenvalue weighted by Gasteiger charge is -2.07. The summed E-state index contributed by atoms with van der Waals surface area (Å²) < 4.78 is 0. The molecule has 94 valence electrons. The number of hydroxylamine groups is 1. The van der Waals surface area contributed by atoms with E-state index in [0.717, 1.165) is 5.56 Å². The number of carbonyl (C=O) groups is 1. The van der Waals surface area contributed by atoms with Crippen LogP contribution >= 0.6 is 0 Å². The number of aliphatic carboxylic acids is 1. The van der Waals surface area contributed by atoms with E-state index in [1.54, 1.807) is 0 Å². The fraction of sp³-hybridized carbons (Fsp3) is 0.417. The standard InChI is InChI=1S/C12H18N2O3/c13-11(12(15)16)7-4-8-14-17-9-10-5-2-1-3-6-10/h1-3,5-6,11,14H,4,7-9,13H2,(H,15,16). The van der Waals surface area contributed by atoms with Crippen molar-refractivity contribution in [1.82, 2.24) is 5.48 Å². The zero-order valence-corrected chi connectivity index (χ0v) is 9.63. The lowest BCUT2D eigenvalue weighted by Crippen LogP contribution is -2.31. The van der Waals surface area contributed by atoms with Gasteiger partial charge in [0.15, 0.2) is 0 Å². The maximum Gasteiger partial charge on any atom is 0.320 e. The van der Waals surface area contributed by atoms with Gasteiger partial charge < -0.3 is 10.8 Å². The molecule has 4 N–H and O–H groups in total. The van der Waals surface area contributed by atoms with Gasteiger partial charge >= 0.3 is 5.97 Å². The van der Waals surface area contributed by atoms with Crippen molar-refractivity contribution in [2.24, 2.45) is 5.73 Å². The molecule has 0 aliphatic carbocycles. The van der Waals surface area contributed by atoms with Gasteiger partial charge in [-0.15, -0.1) is 0 Å². The van der Waals surface area contributed by atoms with E-state index in [1.165, 1.54) is 0 Å². The summed E-state index contributed by atoms with van der Waals surface area (Å²) in [6, 6.07) is 9.01. The average molecular weight is 238 g/mol. The SMILES string of the molecule is NC(CCCNOCc1ccccc1)C(=O)O. The summed E-state index contributed by atoms with van der Waals surface area (Å²) >= 11 is 0. The smallest absolute Gasteiger partial charge is 0.320 e. The second kappa shape index (κ2) is 7.78. The number of carboxylic acids is 1. The van der Waals surface area contributed by atoms with Crippen molar-refractivity contribution in [2.75, 3.05) is 6.54 Å². The first-order valence-electron chi connectivity index (χ1n) is 5.57. The number of benzene rings is 1. The van der Waals surface area contributed by atoms with E-state index in [-0.39, 0.29) is 0 Å². The summed E-state index contributed by atoms with van der Waals surface area (Å²) in [5.41, 5.74) is 9.22. The fourth-order valence-electron chi connectivity index (χ4n) is 1.30. The maximum atomic E-state index is 10.4. The van der Waals surface area contributed by atoms with E-state index in [2.05, 4.69) is 5.48 Å². The molecule has 0 aromatic heterocycles. The van der Waals surface area contributed by atoms with Gasteiger partial charge in [0, 0.05) is 6.54 Å². The molecule has 5 nitrogen and oxygen atoms in total. The summed E-state index contributed by atoms with van der Waals surface area (Å²) in [6.45, 7) is 1.08. The van der Waals surface area contributed by atoms with E-state index in [0.29, 0.717) is 26.0 Å².